The molecule has 1 aliphatic carbocycles. The molecule has 3 aliphatic rings. The summed E-state index contributed by atoms with van der Waals surface area (Å²) in [7, 11) is 2.04. The second-order valence-electron chi connectivity index (χ2n) is 7.79. The molecule has 140 valence electrons. The number of amides is 4. The first-order chi connectivity index (χ1) is 11.9. The average Bonchev–Trinajstić information content (AvgIpc) is 2.75. The minimum atomic E-state index is -0.762. The number of hydrogen-bond acceptors (Lipinski definition) is 4. The predicted molar refractivity (Wildman–Crippen MR) is 93.9 cm³/mol. The molecule has 0 aromatic heterocycles. The first kappa shape index (κ1) is 18.2. The topological polar surface area (TPSA) is 73.0 Å². The number of urea groups is 1. The lowest BCUT2D eigenvalue weighted by Gasteiger charge is -2.34. The van der Waals surface area contributed by atoms with E-state index in [2.05, 4.69) is 17.1 Å². The maximum absolute atomic E-state index is 12.9. The van der Waals surface area contributed by atoms with Gasteiger partial charge in [0.15, 0.2) is 0 Å². The number of nitrogens with zero attached hydrogens (tertiary/aromatic N) is 3. The predicted octanol–water partition coefficient (Wildman–Crippen LogP) is 1.04. The summed E-state index contributed by atoms with van der Waals surface area (Å²) in [5, 5.41) is 2.90. The Hall–Kier alpha value is -1.63. The number of hydrogen-bond donors (Lipinski definition) is 1. The number of carbonyl (C=O) groups is 3. The Morgan fingerprint density at radius 2 is 1.88 bits per heavy atom. The Balaban J connectivity index is 1.62. The first-order valence-electron chi connectivity index (χ1n) is 9.55. The van der Waals surface area contributed by atoms with Crippen LogP contribution in [0.25, 0.3) is 0 Å². The van der Waals surface area contributed by atoms with E-state index in [0.717, 1.165) is 43.7 Å². The lowest BCUT2D eigenvalue weighted by atomic mass is 9.75. The zero-order valence-corrected chi connectivity index (χ0v) is 15.4. The Labute approximate surface area is 149 Å². The molecular formula is C18H30N4O3. The smallest absolute Gasteiger partial charge is 0.325 e. The van der Waals surface area contributed by atoms with Crippen LogP contribution in [0.4, 0.5) is 4.79 Å². The molecule has 2 aliphatic heterocycles. The van der Waals surface area contributed by atoms with Crippen molar-refractivity contribution in [1.29, 1.82) is 0 Å². The highest BCUT2D eigenvalue weighted by molar-refractivity contribution is 6.09. The molecule has 25 heavy (non-hydrogen) atoms. The van der Waals surface area contributed by atoms with Gasteiger partial charge in [0.05, 0.1) is 0 Å². The SMILES string of the molecule is CCC1CCC2(CC1)NC(=O)N(CC(=O)N1CCCN(C)CC1)C2=O. The van der Waals surface area contributed by atoms with Crippen molar-refractivity contribution >= 4 is 17.8 Å². The van der Waals surface area contributed by atoms with Crippen LogP contribution < -0.4 is 5.32 Å². The van der Waals surface area contributed by atoms with Gasteiger partial charge in [0.25, 0.3) is 5.91 Å². The van der Waals surface area contributed by atoms with Crippen molar-refractivity contribution in [3.63, 3.8) is 0 Å². The summed E-state index contributed by atoms with van der Waals surface area (Å²) < 4.78 is 0. The molecule has 0 aromatic carbocycles. The van der Waals surface area contributed by atoms with Crippen LogP contribution in [-0.2, 0) is 9.59 Å². The Morgan fingerprint density at radius 3 is 2.56 bits per heavy atom. The van der Waals surface area contributed by atoms with Crippen LogP contribution in [0.3, 0.4) is 0 Å². The van der Waals surface area contributed by atoms with Gasteiger partial charge in [-0.15, -0.1) is 0 Å². The maximum Gasteiger partial charge on any atom is 0.325 e. The second-order valence-corrected chi connectivity index (χ2v) is 7.79. The summed E-state index contributed by atoms with van der Waals surface area (Å²) in [5.74, 6) is 0.311. The molecule has 4 amide bonds. The molecule has 7 heteroatoms. The Bertz CT molecular complexity index is 542. The van der Waals surface area contributed by atoms with Gasteiger partial charge < -0.3 is 15.1 Å². The summed E-state index contributed by atoms with van der Waals surface area (Å²) in [6, 6.07) is -0.403. The third-order valence-corrected chi connectivity index (χ3v) is 6.15. The van der Waals surface area contributed by atoms with Crippen LogP contribution in [0, 0.1) is 5.92 Å². The van der Waals surface area contributed by atoms with Crippen molar-refractivity contribution in [1.82, 2.24) is 20.0 Å². The first-order valence-corrected chi connectivity index (χ1v) is 9.55. The van der Waals surface area contributed by atoms with E-state index in [9.17, 15) is 14.4 Å². The van der Waals surface area contributed by atoms with Crippen LogP contribution in [0.5, 0.6) is 0 Å². The molecule has 1 N–H and O–H groups in total. The molecule has 0 atom stereocenters. The monoisotopic (exact) mass is 350 g/mol. The molecule has 1 saturated carbocycles. The van der Waals surface area contributed by atoms with Gasteiger partial charge in [-0.05, 0) is 51.6 Å². The van der Waals surface area contributed by atoms with Gasteiger partial charge in [0, 0.05) is 19.6 Å². The minimum Gasteiger partial charge on any atom is -0.340 e. The Morgan fingerprint density at radius 1 is 1.16 bits per heavy atom. The molecular weight excluding hydrogens is 320 g/mol. The number of carbonyl (C=O) groups excluding carboxylic acids is 3. The van der Waals surface area contributed by atoms with Gasteiger partial charge in [-0.2, -0.15) is 0 Å². The van der Waals surface area contributed by atoms with E-state index in [0.29, 0.717) is 31.8 Å². The number of nitrogens with one attached hydrogen (secondary N) is 1. The van der Waals surface area contributed by atoms with Gasteiger partial charge in [-0.1, -0.05) is 13.3 Å². The largest absolute Gasteiger partial charge is 0.340 e. The van der Waals surface area contributed by atoms with Gasteiger partial charge >= 0.3 is 6.03 Å². The van der Waals surface area contributed by atoms with Crippen LogP contribution in [0.15, 0.2) is 0 Å². The number of imide groups is 1. The molecule has 0 unspecified atom stereocenters. The molecule has 0 aromatic rings. The van der Waals surface area contributed by atoms with Gasteiger partial charge in [-0.3, -0.25) is 14.5 Å². The number of rotatable bonds is 3. The summed E-state index contributed by atoms with van der Waals surface area (Å²) in [5.41, 5.74) is -0.762. The van der Waals surface area contributed by atoms with Gasteiger partial charge in [0.2, 0.25) is 5.91 Å². The number of likely N-dealkylation sites (N-methyl/N-ethyl adjacent to an activating group) is 1. The zero-order chi connectivity index (χ0) is 18.0. The summed E-state index contributed by atoms with van der Waals surface area (Å²) >= 11 is 0. The highest BCUT2D eigenvalue weighted by Gasteiger charge is 2.52. The fourth-order valence-electron chi connectivity index (χ4n) is 4.27. The van der Waals surface area contributed by atoms with E-state index in [-0.39, 0.29) is 18.4 Å². The average molecular weight is 350 g/mol. The van der Waals surface area contributed by atoms with Gasteiger partial charge in [-0.25, -0.2) is 4.79 Å². The summed E-state index contributed by atoms with van der Waals surface area (Å²) in [6.07, 6.45) is 5.34. The van der Waals surface area contributed by atoms with Crippen LogP contribution in [0.2, 0.25) is 0 Å². The molecule has 1 spiro atoms. The van der Waals surface area contributed by atoms with E-state index in [4.69, 9.17) is 0 Å². The van der Waals surface area contributed by atoms with E-state index >= 15 is 0 Å². The van der Waals surface area contributed by atoms with Crippen molar-refractivity contribution in [3.8, 4) is 0 Å². The van der Waals surface area contributed by atoms with Crippen molar-refractivity contribution in [2.24, 2.45) is 5.92 Å². The lowest BCUT2D eigenvalue weighted by Crippen LogP contribution is -2.50. The molecule has 0 bridgehead atoms. The second kappa shape index (κ2) is 7.32. The lowest BCUT2D eigenvalue weighted by molar-refractivity contribution is -0.139. The third kappa shape index (κ3) is 3.66. The van der Waals surface area contributed by atoms with E-state index in [1.54, 1.807) is 4.90 Å². The Kier molecular flexibility index (Phi) is 5.32. The van der Waals surface area contributed by atoms with Crippen LogP contribution in [-0.4, -0.2) is 77.9 Å². The molecule has 3 rings (SSSR count). The normalized spacial score (nSPS) is 31.4. The van der Waals surface area contributed by atoms with Crippen molar-refractivity contribution in [2.75, 3.05) is 39.8 Å². The zero-order valence-electron chi connectivity index (χ0n) is 15.4. The van der Waals surface area contributed by atoms with Crippen LogP contribution in [0.1, 0.15) is 45.4 Å². The van der Waals surface area contributed by atoms with E-state index in [1.165, 1.54) is 0 Å². The highest BCUT2D eigenvalue weighted by atomic mass is 16.2. The van der Waals surface area contributed by atoms with Crippen molar-refractivity contribution < 1.29 is 14.4 Å². The fraction of sp³-hybridized carbons (Fsp3) is 0.833. The van der Waals surface area contributed by atoms with Crippen molar-refractivity contribution in [2.45, 2.75) is 51.0 Å². The van der Waals surface area contributed by atoms with Crippen LogP contribution >= 0.6 is 0 Å². The van der Waals surface area contributed by atoms with Crippen molar-refractivity contribution in [3.05, 3.63) is 0 Å². The summed E-state index contributed by atoms with van der Waals surface area (Å²) in [6.45, 7) is 5.18. The third-order valence-electron chi connectivity index (χ3n) is 6.15. The van der Waals surface area contributed by atoms with E-state index in [1.807, 2.05) is 7.05 Å². The molecule has 2 saturated heterocycles. The summed E-state index contributed by atoms with van der Waals surface area (Å²) in [4.78, 5) is 43.0. The maximum atomic E-state index is 12.9. The standard InChI is InChI=1S/C18H30N4O3/c1-3-14-5-7-18(8-6-14)16(24)22(17(25)19-18)13-15(23)21-10-4-9-20(2)11-12-21/h14H,3-13H2,1-2H3,(H,19,25). The highest BCUT2D eigenvalue weighted by Crippen LogP contribution is 2.37. The van der Waals surface area contributed by atoms with Gasteiger partial charge in [0.1, 0.15) is 12.1 Å². The minimum absolute atomic E-state index is 0.127. The molecule has 7 nitrogen and oxygen atoms in total. The quantitative estimate of drug-likeness (QED) is 0.772. The molecule has 2 heterocycles. The fourth-order valence-corrected chi connectivity index (χ4v) is 4.27. The molecule has 3 fully saturated rings. The molecule has 0 radical (unpaired) electrons. The van der Waals surface area contributed by atoms with E-state index < -0.39 is 11.6 Å².